The summed E-state index contributed by atoms with van der Waals surface area (Å²) >= 11 is 0. The number of rotatable bonds is 0. The van der Waals surface area contributed by atoms with Crippen LogP contribution >= 0.6 is 0 Å². The fourth-order valence-corrected chi connectivity index (χ4v) is 3.99. The van der Waals surface area contributed by atoms with E-state index in [1.54, 1.807) is 0 Å². The van der Waals surface area contributed by atoms with Crippen molar-refractivity contribution in [1.82, 2.24) is 4.90 Å². The molecule has 0 aromatic carbocycles. The number of hydrogen-bond donors (Lipinski definition) is 0. The molecule has 64 valence electrons. The predicted molar refractivity (Wildman–Crippen MR) is 43.2 cm³/mol. The van der Waals surface area contributed by atoms with Crippen molar-refractivity contribution in [1.29, 1.82) is 0 Å². The van der Waals surface area contributed by atoms with E-state index in [-0.39, 0.29) is 4.75 Å². The van der Waals surface area contributed by atoms with E-state index >= 15 is 0 Å². The van der Waals surface area contributed by atoms with Crippen LogP contribution in [-0.4, -0.2) is 44.0 Å². The lowest BCUT2D eigenvalue weighted by molar-refractivity contribution is 0.384. The Morgan fingerprint density at radius 3 is 2.27 bits per heavy atom. The largest absolute Gasteiger partial charge is 0.305 e. The molecule has 0 aromatic rings. The Labute approximate surface area is 67.3 Å². The van der Waals surface area contributed by atoms with Gasteiger partial charge in [-0.25, -0.2) is 8.42 Å². The van der Waals surface area contributed by atoms with E-state index in [4.69, 9.17) is 0 Å². The summed E-state index contributed by atoms with van der Waals surface area (Å²) in [7, 11) is -0.707. The quantitative estimate of drug-likeness (QED) is 0.515. The molecule has 2 aliphatic heterocycles. The Morgan fingerprint density at radius 1 is 1.36 bits per heavy atom. The highest BCUT2D eigenvalue weighted by Crippen LogP contribution is 2.41. The molecule has 4 heteroatoms. The standard InChI is InChI=1S/C7H13NO2S/c1-8-4-2-7(6-8)3-5-11(7,9)10/h2-6H2,1H3. The second kappa shape index (κ2) is 1.98. The molecule has 0 bridgehead atoms. The van der Waals surface area contributed by atoms with Gasteiger partial charge in [-0.05, 0) is 26.4 Å². The second-order valence-corrected chi connectivity index (χ2v) is 6.24. The van der Waals surface area contributed by atoms with Gasteiger partial charge in [-0.1, -0.05) is 0 Å². The van der Waals surface area contributed by atoms with Crippen LogP contribution in [0.3, 0.4) is 0 Å². The SMILES string of the molecule is CN1CCC2(CCS2(=O)=O)C1. The van der Waals surface area contributed by atoms with E-state index in [0.717, 1.165) is 25.9 Å². The molecule has 1 atom stereocenters. The Morgan fingerprint density at radius 2 is 2.09 bits per heavy atom. The van der Waals surface area contributed by atoms with Crippen LogP contribution in [0.15, 0.2) is 0 Å². The Balaban J connectivity index is 2.26. The van der Waals surface area contributed by atoms with E-state index in [2.05, 4.69) is 4.90 Å². The van der Waals surface area contributed by atoms with E-state index < -0.39 is 9.84 Å². The van der Waals surface area contributed by atoms with Crippen molar-refractivity contribution < 1.29 is 8.42 Å². The van der Waals surface area contributed by atoms with E-state index in [1.165, 1.54) is 0 Å². The van der Waals surface area contributed by atoms with Crippen molar-refractivity contribution in [2.45, 2.75) is 17.6 Å². The van der Waals surface area contributed by atoms with Gasteiger partial charge < -0.3 is 4.90 Å². The molecule has 0 N–H and O–H groups in total. The molecule has 0 radical (unpaired) electrons. The van der Waals surface area contributed by atoms with Crippen molar-refractivity contribution in [2.75, 3.05) is 25.9 Å². The maximum atomic E-state index is 11.4. The number of hydrogen-bond acceptors (Lipinski definition) is 3. The van der Waals surface area contributed by atoms with Crippen molar-refractivity contribution in [3.63, 3.8) is 0 Å². The second-order valence-electron chi connectivity index (χ2n) is 3.74. The minimum atomic E-state index is -2.70. The van der Waals surface area contributed by atoms with Gasteiger partial charge in [-0.15, -0.1) is 0 Å². The maximum absolute atomic E-state index is 11.4. The number of likely N-dealkylation sites (tertiary alicyclic amines) is 1. The molecule has 0 saturated carbocycles. The molecule has 0 amide bonds. The molecule has 3 nitrogen and oxygen atoms in total. The van der Waals surface area contributed by atoms with Crippen molar-refractivity contribution in [2.24, 2.45) is 0 Å². The van der Waals surface area contributed by atoms with Gasteiger partial charge in [0.15, 0.2) is 9.84 Å². The van der Waals surface area contributed by atoms with Crippen molar-refractivity contribution in [3.05, 3.63) is 0 Å². The van der Waals surface area contributed by atoms with Crippen LogP contribution in [0.5, 0.6) is 0 Å². The lowest BCUT2D eigenvalue weighted by Crippen LogP contribution is -2.52. The number of sulfone groups is 1. The van der Waals surface area contributed by atoms with E-state index in [0.29, 0.717) is 5.75 Å². The lowest BCUT2D eigenvalue weighted by Gasteiger charge is -2.37. The molecule has 1 unspecified atom stereocenters. The maximum Gasteiger partial charge on any atom is 0.157 e. The average molecular weight is 175 g/mol. The van der Waals surface area contributed by atoms with Crippen LogP contribution in [0.1, 0.15) is 12.8 Å². The first-order valence-corrected chi connectivity index (χ1v) is 5.62. The van der Waals surface area contributed by atoms with Crippen molar-refractivity contribution >= 4 is 9.84 Å². The molecule has 0 aromatic heterocycles. The van der Waals surface area contributed by atoms with Gasteiger partial charge in [0.2, 0.25) is 0 Å². The third-order valence-electron chi connectivity index (χ3n) is 2.99. The highest BCUT2D eigenvalue weighted by molar-refractivity contribution is 7.94. The molecule has 2 saturated heterocycles. The zero-order chi connectivity index (χ0) is 8.11. The summed E-state index contributed by atoms with van der Waals surface area (Å²) < 4.78 is 22.4. The molecule has 1 spiro atoms. The fraction of sp³-hybridized carbons (Fsp3) is 1.00. The zero-order valence-electron chi connectivity index (χ0n) is 6.71. The van der Waals surface area contributed by atoms with Crippen molar-refractivity contribution in [3.8, 4) is 0 Å². The third-order valence-corrected chi connectivity index (χ3v) is 5.59. The predicted octanol–water partition coefficient (Wildman–Crippen LogP) is -0.121. The van der Waals surface area contributed by atoms with Gasteiger partial charge in [0.1, 0.15) is 0 Å². The molecule has 2 aliphatic rings. The minimum absolute atomic E-state index is 0.318. The molecular weight excluding hydrogens is 162 g/mol. The summed E-state index contributed by atoms with van der Waals surface area (Å²) in [4.78, 5) is 2.11. The molecule has 2 heterocycles. The van der Waals surface area contributed by atoms with Gasteiger partial charge in [-0.3, -0.25) is 0 Å². The van der Waals surface area contributed by atoms with Crippen LogP contribution in [-0.2, 0) is 9.84 Å². The van der Waals surface area contributed by atoms with Gasteiger partial charge in [0.25, 0.3) is 0 Å². The summed E-state index contributed by atoms with van der Waals surface area (Å²) in [5.41, 5.74) is 0. The summed E-state index contributed by atoms with van der Waals surface area (Å²) in [6.45, 7) is 1.70. The first-order chi connectivity index (χ1) is 5.06. The summed E-state index contributed by atoms with van der Waals surface area (Å²) in [6, 6.07) is 0. The lowest BCUT2D eigenvalue weighted by atomic mass is 10.0. The van der Waals surface area contributed by atoms with Gasteiger partial charge in [-0.2, -0.15) is 0 Å². The highest BCUT2D eigenvalue weighted by atomic mass is 32.2. The minimum Gasteiger partial charge on any atom is -0.305 e. The van der Waals surface area contributed by atoms with Crippen LogP contribution in [0.25, 0.3) is 0 Å². The smallest absolute Gasteiger partial charge is 0.157 e. The van der Waals surface area contributed by atoms with Gasteiger partial charge in [0, 0.05) is 6.54 Å². The van der Waals surface area contributed by atoms with Crippen LogP contribution in [0.4, 0.5) is 0 Å². The van der Waals surface area contributed by atoms with Gasteiger partial charge >= 0.3 is 0 Å². The average Bonchev–Trinajstić information content (AvgIpc) is 2.32. The first kappa shape index (κ1) is 7.55. The van der Waals surface area contributed by atoms with E-state index in [9.17, 15) is 8.42 Å². The molecule has 0 aliphatic carbocycles. The molecular formula is C7H13NO2S. The summed E-state index contributed by atoms with van der Waals surface area (Å²) in [6.07, 6.45) is 1.74. The fourth-order valence-electron chi connectivity index (χ4n) is 2.06. The Hall–Kier alpha value is -0.0900. The normalized spacial score (nSPS) is 42.6. The van der Waals surface area contributed by atoms with Gasteiger partial charge in [0.05, 0.1) is 10.5 Å². The summed E-state index contributed by atoms with van der Waals surface area (Å²) in [5.74, 6) is 0.418. The summed E-state index contributed by atoms with van der Waals surface area (Å²) in [5, 5.41) is 0. The molecule has 2 fully saturated rings. The van der Waals surface area contributed by atoms with Crippen LogP contribution < -0.4 is 0 Å². The topological polar surface area (TPSA) is 37.4 Å². The monoisotopic (exact) mass is 175 g/mol. The number of nitrogens with zero attached hydrogens (tertiary/aromatic N) is 1. The first-order valence-electron chi connectivity index (χ1n) is 3.97. The third kappa shape index (κ3) is 0.856. The highest BCUT2D eigenvalue weighted by Gasteiger charge is 2.54. The molecule has 2 rings (SSSR count). The van der Waals surface area contributed by atoms with Crippen LogP contribution in [0, 0.1) is 0 Å². The Kier molecular flexibility index (Phi) is 1.36. The Bertz CT molecular complexity index is 272. The molecule has 11 heavy (non-hydrogen) atoms. The van der Waals surface area contributed by atoms with E-state index in [1.807, 2.05) is 7.05 Å². The zero-order valence-corrected chi connectivity index (χ0v) is 7.52. The van der Waals surface area contributed by atoms with Crippen LogP contribution in [0.2, 0.25) is 0 Å².